The second-order valence-electron chi connectivity index (χ2n) is 7.69. The highest BCUT2D eigenvalue weighted by atomic mass is 16.9. The number of aromatic nitrogens is 2. The Morgan fingerprint density at radius 1 is 1.28 bits per heavy atom. The van der Waals surface area contributed by atoms with Gasteiger partial charge < -0.3 is 18.9 Å². The fraction of sp³-hybridized carbons (Fsp3) is 0.765. The SMILES string of the molecule is COC1O[C@H]2[C@H](COC(C)(C)C)C[C@H](n3cc(C)c(=O)[nH]c3=O)[C@H]2O1. The van der Waals surface area contributed by atoms with Gasteiger partial charge in [0.05, 0.1) is 24.4 Å². The lowest BCUT2D eigenvalue weighted by Crippen LogP contribution is -2.37. The Bertz CT molecular complexity index is 734. The number of H-pyrrole nitrogens is 1. The lowest BCUT2D eigenvalue weighted by Gasteiger charge is -2.24. The second kappa shape index (κ2) is 6.68. The van der Waals surface area contributed by atoms with Crippen LogP contribution in [0.5, 0.6) is 0 Å². The van der Waals surface area contributed by atoms with E-state index in [0.29, 0.717) is 18.6 Å². The summed E-state index contributed by atoms with van der Waals surface area (Å²) in [5.41, 5.74) is -0.602. The van der Waals surface area contributed by atoms with E-state index in [4.69, 9.17) is 18.9 Å². The predicted molar refractivity (Wildman–Crippen MR) is 89.5 cm³/mol. The third-order valence-electron chi connectivity index (χ3n) is 4.67. The van der Waals surface area contributed by atoms with E-state index in [1.165, 1.54) is 11.7 Å². The summed E-state index contributed by atoms with van der Waals surface area (Å²) in [5.74, 6) is 0.0634. The molecule has 1 aromatic rings. The lowest BCUT2D eigenvalue weighted by atomic mass is 10.1. The number of fused-ring (bicyclic) bond motifs is 1. The number of rotatable bonds is 4. The Morgan fingerprint density at radius 2 is 1.96 bits per heavy atom. The maximum absolute atomic E-state index is 12.3. The summed E-state index contributed by atoms with van der Waals surface area (Å²) in [7, 11) is 1.51. The highest BCUT2D eigenvalue weighted by Crippen LogP contribution is 2.43. The molecule has 0 radical (unpaired) electrons. The van der Waals surface area contributed by atoms with Crippen LogP contribution >= 0.6 is 0 Å². The largest absolute Gasteiger partial charge is 0.375 e. The van der Waals surface area contributed by atoms with Crippen LogP contribution in [0.1, 0.15) is 38.8 Å². The molecule has 140 valence electrons. The molecule has 0 bridgehead atoms. The Morgan fingerprint density at radius 3 is 2.60 bits per heavy atom. The van der Waals surface area contributed by atoms with Gasteiger partial charge in [-0.1, -0.05) is 0 Å². The molecule has 5 atom stereocenters. The number of aromatic amines is 1. The van der Waals surface area contributed by atoms with Crippen molar-refractivity contribution in [2.24, 2.45) is 5.92 Å². The molecule has 0 aromatic carbocycles. The van der Waals surface area contributed by atoms with E-state index in [0.717, 1.165) is 0 Å². The summed E-state index contributed by atoms with van der Waals surface area (Å²) >= 11 is 0. The molecule has 8 heteroatoms. The van der Waals surface area contributed by atoms with Gasteiger partial charge in [-0.05, 0) is 34.1 Å². The Labute approximate surface area is 146 Å². The van der Waals surface area contributed by atoms with Crippen LogP contribution in [0, 0.1) is 12.8 Å². The molecule has 1 aliphatic heterocycles. The van der Waals surface area contributed by atoms with Crippen LogP contribution in [0.25, 0.3) is 0 Å². The molecule has 3 rings (SSSR count). The fourth-order valence-electron chi connectivity index (χ4n) is 3.45. The normalized spacial score (nSPS) is 32.1. The summed E-state index contributed by atoms with van der Waals surface area (Å²) in [6.07, 6.45) is 1.69. The molecule has 2 heterocycles. The minimum atomic E-state index is -0.755. The number of aryl methyl sites for hydroxylation is 1. The Balaban J connectivity index is 1.88. The molecule has 1 saturated carbocycles. The molecular formula is C17H26N2O6. The summed E-state index contributed by atoms with van der Waals surface area (Å²) in [6, 6.07) is -0.248. The van der Waals surface area contributed by atoms with Crippen molar-refractivity contribution in [1.82, 2.24) is 9.55 Å². The van der Waals surface area contributed by atoms with Crippen molar-refractivity contribution in [3.05, 3.63) is 32.6 Å². The Kier molecular flexibility index (Phi) is 4.89. The summed E-state index contributed by atoms with van der Waals surface area (Å²) in [5, 5.41) is 0. The molecule has 8 nitrogen and oxygen atoms in total. The van der Waals surface area contributed by atoms with Gasteiger partial charge in [0.2, 0.25) is 0 Å². The van der Waals surface area contributed by atoms with Crippen LogP contribution in [0.2, 0.25) is 0 Å². The molecule has 1 N–H and O–H groups in total. The van der Waals surface area contributed by atoms with Gasteiger partial charge in [0.15, 0.2) is 0 Å². The maximum atomic E-state index is 12.3. The third-order valence-corrected chi connectivity index (χ3v) is 4.67. The van der Waals surface area contributed by atoms with Gasteiger partial charge in [0, 0.05) is 24.8 Å². The van der Waals surface area contributed by atoms with E-state index in [9.17, 15) is 9.59 Å². The highest BCUT2D eigenvalue weighted by molar-refractivity contribution is 5.06. The average molecular weight is 354 g/mol. The standard InChI is InChI=1S/C17H26N2O6/c1-9-7-19(15(21)18-14(9)20)11-6-10(8-23-17(2,3)4)12-13(11)25-16(22-5)24-12/h7,10-13,16H,6,8H2,1-5H3,(H,18,20,21)/t10-,11-,12-,13+,16?/m0/s1. The molecule has 1 unspecified atom stereocenters. The van der Waals surface area contributed by atoms with E-state index < -0.39 is 12.2 Å². The molecule has 1 aromatic heterocycles. The predicted octanol–water partition coefficient (Wildman–Crippen LogP) is 0.935. The van der Waals surface area contributed by atoms with E-state index in [-0.39, 0.29) is 35.3 Å². The first kappa shape index (κ1) is 18.3. The van der Waals surface area contributed by atoms with Gasteiger partial charge in [-0.3, -0.25) is 14.3 Å². The van der Waals surface area contributed by atoms with Crippen molar-refractivity contribution in [1.29, 1.82) is 0 Å². The minimum Gasteiger partial charge on any atom is -0.375 e. The summed E-state index contributed by atoms with van der Waals surface area (Å²) < 4.78 is 24.3. The van der Waals surface area contributed by atoms with Crippen molar-refractivity contribution in [3.63, 3.8) is 0 Å². The molecule has 25 heavy (non-hydrogen) atoms. The van der Waals surface area contributed by atoms with Gasteiger partial charge in [-0.15, -0.1) is 0 Å². The molecule has 2 aliphatic rings. The first-order valence-corrected chi connectivity index (χ1v) is 8.49. The first-order valence-electron chi connectivity index (χ1n) is 8.49. The van der Waals surface area contributed by atoms with Crippen molar-refractivity contribution in [2.45, 2.75) is 64.4 Å². The smallest absolute Gasteiger partial charge is 0.328 e. The second-order valence-corrected chi connectivity index (χ2v) is 7.69. The molecule has 0 amide bonds. The Hall–Kier alpha value is -1.48. The zero-order valence-electron chi connectivity index (χ0n) is 15.3. The molecule has 0 spiro atoms. The first-order chi connectivity index (χ1) is 11.7. The number of ether oxygens (including phenoxy) is 4. The quantitative estimate of drug-likeness (QED) is 0.865. The zero-order valence-corrected chi connectivity index (χ0v) is 15.3. The van der Waals surface area contributed by atoms with Gasteiger partial charge in [-0.2, -0.15) is 0 Å². The number of nitrogens with one attached hydrogen (secondary N) is 1. The van der Waals surface area contributed by atoms with Gasteiger partial charge in [0.1, 0.15) is 6.10 Å². The van der Waals surface area contributed by atoms with Gasteiger partial charge >= 0.3 is 5.69 Å². The topological polar surface area (TPSA) is 91.8 Å². The minimum absolute atomic E-state index is 0.0634. The van der Waals surface area contributed by atoms with E-state index in [1.807, 2.05) is 20.8 Å². The molecule has 2 fully saturated rings. The monoisotopic (exact) mass is 354 g/mol. The fourth-order valence-corrected chi connectivity index (χ4v) is 3.45. The lowest BCUT2D eigenvalue weighted by molar-refractivity contribution is -0.238. The summed E-state index contributed by atoms with van der Waals surface area (Å²) in [4.78, 5) is 26.3. The van der Waals surface area contributed by atoms with E-state index in [2.05, 4.69) is 4.98 Å². The maximum Gasteiger partial charge on any atom is 0.328 e. The van der Waals surface area contributed by atoms with Crippen molar-refractivity contribution < 1.29 is 18.9 Å². The molecule has 1 saturated heterocycles. The summed E-state index contributed by atoms with van der Waals surface area (Å²) in [6.45, 7) is 7.41. The van der Waals surface area contributed by atoms with Crippen LogP contribution in [-0.2, 0) is 18.9 Å². The van der Waals surface area contributed by atoms with Gasteiger partial charge in [0.25, 0.3) is 12.0 Å². The van der Waals surface area contributed by atoms with Crippen LogP contribution < -0.4 is 11.2 Å². The number of methoxy groups -OCH3 is 1. The number of nitrogens with zero attached hydrogens (tertiary/aromatic N) is 1. The van der Waals surface area contributed by atoms with Crippen LogP contribution in [0.3, 0.4) is 0 Å². The van der Waals surface area contributed by atoms with Gasteiger partial charge in [-0.25, -0.2) is 4.79 Å². The van der Waals surface area contributed by atoms with E-state index >= 15 is 0 Å². The number of hydrogen-bond acceptors (Lipinski definition) is 6. The molecular weight excluding hydrogens is 328 g/mol. The van der Waals surface area contributed by atoms with Crippen LogP contribution in [0.4, 0.5) is 0 Å². The van der Waals surface area contributed by atoms with E-state index in [1.54, 1.807) is 13.1 Å². The number of hydrogen-bond donors (Lipinski definition) is 1. The van der Waals surface area contributed by atoms with Crippen LogP contribution in [-0.4, -0.2) is 47.6 Å². The van der Waals surface area contributed by atoms with Crippen molar-refractivity contribution >= 4 is 0 Å². The highest BCUT2D eigenvalue weighted by Gasteiger charge is 2.52. The van der Waals surface area contributed by atoms with Crippen molar-refractivity contribution in [3.8, 4) is 0 Å². The zero-order chi connectivity index (χ0) is 18.4. The van der Waals surface area contributed by atoms with Crippen molar-refractivity contribution in [2.75, 3.05) is 13.7 Å². The third kappa shape index (κ3) is 3.72. The average Bonchev–Trinajstić information content (AvgIpc) is 3.07. The molecule has 1 aliphatic carbocycles. The van der Waals surface area contributed by atoms with Crippen LogP contribution in [0.15, 0.2) is 15.8 Å².